The zero-order valence-corrected chi connectivity index (χ0v) is 13.2. The van der Waals surface area contributed by atoms with E-state index in [4.69, 9.17) is 10.9 Å². The summed E-state index contributed by atoms with van der Waals surface area (Å²) in [6, 6.07) is 0.0486. The number of nitrogens with two attached hydrogens (primary N) is 1. The molecule has 0 bridgehead atoms. The van der Waals surface area contributed by atoms with Crippen LogP contribution in [0, 0.1) is 11.3 Å². The molecule has 0 aliphatic heterocycles. The van der Waals surface area contributed by atoms with Crippen LogP contribution in [-0.4, -0.2) is 34.4 Å². The molecule has 1 aliphatic rings. The summed E-state index contributed by atoms with van der Waals surface area (Å²) in [4.78, 5) is 14.8. The predicted molar refractivity (Wildman–Crippen MR) is 80.6 cm³/mol. The summed E-state index contributed by atoms with van der Waals surface area (Å²) in [5, 5.41) is 11.8. The van der Waals surface area contributed by atoms with E-state index in [0.29, 0.717) is 5.92 Å². The van der Waals surface area contributed by atoms with Crippen LogP contribution in [-0.2, 0) is 4.79 Å². The number of hydrogen-bond donors (Lipinski definition) is 2. The van der Waals surface area contributed by atoms with Crippen LogP contribution in [0.4, 0.5) is 0 Å². The quantitative estimate of drug-likeness (QED) is 0.340. The Bertz CT molecular complexity index is 358. The Balaban J connectivity index is 2.95. The number of rotatable bonds is 6. The fraction of sp³-hybridized carbons (Fsp3) is 0.867. The Morgan fingerprint density at radius 2 is 1.85 bits per heavy atom. The van der Waals surface area contributed by atoms with E-state index in [-0.39, 0.29) is 29.7 Å². The van der Waals surface area contributed by atoms with Crippen molar-refractivity contribution in [3.63, 3.8) is 0 Å². The second-order valence-electron chi connectivity index (χ2n) is 6.70. The molecular weight excluding hydrogens is 254 g/mol. The summed E-state index contributed by atoms with van der Waals surface area (Å²) in [7, 11) is 0. The van der Waals surface area contributed by atoms with Crippen molar-refractivity contribution in [1.29, 1.82) is 0 Å². The van der Waals surface area contributed by atoms with Crippen molar-refractivity contribution in [2.45, 2.75) is 65.8 Å². The first kappa shape index (κ1) is 16.8. The number of hydrogen-bond acceptors (Lipinski definition) is 3. The third-order valence-corrected chi connectivity index (χ3v) is 4.16. The van der Waals surface area contributed by atoms with Gasteiger partial charge in [0.15, 0.2) is 5.84 Å². The van der Waals surface area contributed by atoms with Gasteiger partial charge in [-0.1, -0.05) is 31.8 Å². The highest BCUT2D eigenvalue weighted by Gasteiger charge is 2.44. The van der Waals surface area contributed by atoms with E-state index in [9.17, 15) is 4.79 Å². The van der Waals surface area contributed by atoms with Crippen LogP contribution in [0.25, 0.3) is 0 Å². The van der Waals surface area contributed by atoms with Gasteiger partial charge < -0.3 is 15.8 Å². The topological polar surface area (TPSA) is 78.9 Å². The SMILES string of the molecule is CC(C)CC1(C(=O)N(CC(N)=NO)C(C)C)CCCC1. The molecule has 0 spiro atoms. The standard InChI is InChI=1S/C15H29N3O2/c1-11(2)9-15(7-5-6-8-15)14(19)18(12(3)4)10-13(16)17-20/h11-12,20H,5-10H2,1-4H3,(H2,16,17). The van der Waals surface area contributed by atoms with Crippen LogP contribution in [0.3, 0.4) is 0 Å². The summed E-state index contributed by atoms with van der Waals surface area (Å²) in [6.45, 7) is 8.47. The van der Waals surface area contributed by atoms with E-state index in [1.54, 1.807) is 4.90 Å². The van der Waals surface area contributed by atoms with E-state index in [2.05, 4.69) is 19.0 Å². The molecule has 0 aromatic heterocycles. The molecule has 0 radical (unpaired) electrons. The van der Waals surface area contributed by atoms with Crippen LogP contribution < -0.4 is 5.73 Å². The zero-order valence-electron chi connectivity index (χ0n) is 13.2. The Morgan fingerprint density at radius 3 is 2.25 bits per heavy atom. The number of nitrogens with zero attached hydrogens (tertiary/aromatic N) is 2. The highest BCUT2D eigenvalue weighted by molar-refractivity contribution is 5.89. The van der Waals surface area contributed by atoms with Gasteiger partial charge in [0.05, 0.1) is 6.54 Å². The fourth-order valence-corrected chi connectivity index (χ4v) is 3.34. The minimum absolute atomic E-state index is 0.0486. The fourth-order valence-electron chi connectivity index (χ4n) is 3.34. The van der Waals surface area contributed by atoms with Crippen LogP contribution in [0.2, 0.25) is 0 Å². The maximum Gasteiger partial charge on any atom is 0.229 e. The molecule has 5 nitrogen and oxygen atoms in total. The molecular formula is C15H29N3O2. The lowest BCUT2D eigenvalue weighted by Gasteiger charge is -2.37. The van der Waals surface area contributed by atoms with Gasteiger partial charge in [-0.3, -0.25) is 4.79 Å². The second-order valence-corrected chi connectivity index (χ2v) is 6.70. The predicted octanol–water partition coefficient (Wildman–Crippen LogP) is 2.58. The maximum absolute atomic E-state index is 13.0. The number of oxime groups is 1. The van der Waals surface area contributed by atoms with Gasteiger partial charge in [0, 0.05) is 11.5 Å². The number of carbonyl (C=O) groups excluding carboxylic acids is 1. The first-order chi connectivity index (χ1) is 9.32. The minimum Gasteiger partial charge on any atom is -0.409 e. The van der Waals surface area contributed by atoms with Crippen molar-refractivity contribution >= 4 is 11.7 Å². The summed E-state index contributed by atoms with van der Waals surface area (Å²) in [6.07, 6.45) is 5.08. The zero-order chi connectivity index (χ0) is 15.3. The molecule has 116 valence electrons. The average molecular weight is 283 g/mol. The maximum atomic E-state index is 13.0. The molecule has 0 unspecified atom stereocenters. The molecule has 1 saturated carbocycles. The highest BCUT2D eigenvalue weighted by atomic mass is 16.4. The average Bonchev–Trinajstić information content (AvgIpc) is 2.83. The van der Waals surface area contributed by atoms with E-state index in [1.165, 1.54) is 0 Å². The van der Waals surface area contributed by atoms with Gasteiger partial charge in [0.25, 0.3) is 0 Å². The Morgan fingerprint density at radius 1 is 1.30 bits per heavy atom. The normalized spacial score (nSPS) is 18.8. The molecule has 0 atom stereocenters. The van der Waals surface area contributed by atoms with Crippen LogP contribution >= 0.6 is 0 Å². The van der Waals surface area contributed by atoms with E-state index >= 15 is 0 Å². The first-order valence-corrected chi connectivity index (χ1v) is 7.60. The van der Waals surface area contributed by atoms with Gasteiger partial charge in [0.1, 0.15) is 0 Å². The van der Waals surface area contributed by atoms with Crippen LogP contribution in [0.1, 0.15) is 59.8 Å². The van der Waals surface area contributed by atoms with Crippen molar-refractivity contribution in [2.75, 3.05) is 6.54 Å². The summed E-state index contributed by atoms with van der Waals surface area (Å²) < 4.78 is 0. The van der Waals surface area contributed by atoms with Crippen molar-refractivity contribution in [1.82, 2.24) is 4.90 Å². The van der Waals surface area contributed by atoms with Crippen molar-refractivity contribution in [3.05, 3.63) is 0 Å². The molecule has 0 heterocycles. The molecule has 1 rings (SSSR count). The molecule has 0 aromatic rings. The number of amidine groups is 1. The lowest BCUT2D eigenvalue weighted by Crippen LogP contribution is -2.49. The minimum atomic E-state index is -0.242. The Kier molecular flexibility index (Phi) is 5.84. The van der Waals surface area contributed by atoms with Gasteiger partial charge >= 0.3 is 0 Å². The molecule has 5 heteroatoms. The Hall–Kier alpha value is -1.26. The van der Waals surface area contributed by atoms with Crippen LogP contribution in [0.5, 0.6) is 0 Å². The third kappa shape index (κ3) is 3.87. The third-order valence-electron chi connectivity index (χ3n) is 4.16. The summed E-state index contributed by atoms with van der Waals surface area (Å²) in [5.74, 6) is 0.755. The van der Waals surface area contributed by atoms with Crippen molar-refractivity contribution in [3.8, 4) is 0 Å². The van der Waals surface area contributed by atoms with E-state index < -0.39 is 0 Å². The molecule has 20 heavy (non-hydrogen) atoms. The summed E-state index contributed by atoms with van der Waals surface area (Å²) >= 11 is 0. The van der Waals surface area contributed by atoms with Crippen LogP contribution in [0.15, 0.2) is 5.16 Å². The largest absolute Gasteiger partial charge is 0.409 e. The van der Waals surface area contributed by atoms with Gasteiger partial charge in [-0.05, 0) is 39.0 Å². The van der Waals surface area contributed by atoms with Gasteiger partial charge in [-0.15, -0.1) is 0 Å². The molecule has 1 aliphatic carbocycles. The molecule has 0 aromatic carbocycles. The van der Waals surface area contributed by atoms with Gasteiger partial charge in [-0.2, -0.15) is 0 Å². The van der Waals surface area contributed by atoms with E-state index in [0.717, 1.165) is 32.1 Å². The molecule has 1 fully saturated rings. The van der Waals surface area contributed by atoms with Gasteiger partial charge in [0.2, 0.25) is 5.91 Å². The summed E-state index contributed by atoms with van der Waals surface area (Å²) in [5.41, 5.74) is 5.36. The molecule has 3 N–H and O–H groups in total. The molecule has 0 saturated heterocycles. The smallest absolute Gasteiger partial charge is 0.229 e. The number of carbonyl (C=O) groups is 1. The van der Waals surface area contributed by atoms with Crippen molar-refractivity contribution in [2.24, 2.45) is 22.2 Å². The Labute approximate surface area is 122 Å². The van der Waals surface area contributed by atoms with Crippen molar-refractivity contribution < 1.29 is 10.0 Å². The number of amides is 1. The second kappa shape index (κ2) is 6.95. The van der Waals surface area contributed by atoms with Gasteiger partial charge in [-0.25, -0.2) is 0 Å². The molecule has 1 amide bonds. The lowest BCUT2D eigenvalue weighted by atomic mass is 9.77. The first-order valence-electron chi connectivity index (χ1n) is 7.60. The van der Waals surface area contributed by atoms with E-state index in [1.807, 2.05) is 13.8 Å². The highest BCUT2D eigenvalue weighted by Crippen LogP contribution is 2.44. The lowest BCUT2D eigenvalue weighted by molar-refractivity contribution is -0.144. The monoisotopic (exact) mass is 283 g/mol.